The van der Waals surface area contributed by atoms with Crippen LogP contribution in [-0.4, -0.2) is 10.9 Å². The van der Waals surface area contributed by atoms with E-state index in [9.17, 15) is 9.18 Å². The Labute approximate surface area is 163 Å². The Balaban J connectivity index is 1.49. The third-order valence-corrected chi connectivity index (χ3v) is 5.01. The average molecular weight is 376 g/mol. The minimum absolute atomic E-state index is 0.194. The van der Waals surface area contributed by atoms with E-state index in [0.717, 1.165) is 40.8 Å². The topological polar surface area (TPSA) is 65.2 Å². The predicted molar refractivity (Wildman–Crippen MR) is 106 cm³/mol. The molecule has 0 spiro atoms. The number of hydrogen-bond donors (Lipinski definition) is 1. The van der Waals surface area contributed by atoms with Gasteiger partial charge in [0.1, 0.15) is 18.2 Å². The van der Waals surface area contributed by atoms with E-state index in [0.29, 0.717) is 23.8 Å². The molecule has 1 amide bonds. The number of nitrogens with two attached hydrogens (primary N) is 1. The van der Waals surface area contributed by atoms with Gasteiger partial charge >= 0.3 is 0 Å². The van der Waals surface area contributed by atoms with E-state index < -0.39 is 5.91 Å². The average Bonchev–Trinajstić information content (AvgIpc) is 3.51. The van der Waals surface area contributed by atoms with Crippen LogP contribution in [0.1, 0.15) is 45.8 Å². The van der Waals surface area contributed by atoms with E-state index in [1.165, 1.54) is 6.07 Å². The van der Waals surface area contributed by atoms with Crippen LogP contribution in [0.5, 0.6) is 5.75 Å². The van der Waals surface area contributed by atoms with Gasteiger partial charge in [0.25, 0.3) is 0 Å². The first-order chi connectivity index (χ1) is 13.5. The summed E-state index contributed by atoms with van der Waals surface area (Å²) >= 11 is 0. The number of rotatable bonds is 6. The van der Waals surface area contributed by atoms with Crippen molar-refractivity contribution >= 4 is 5.91 Å². The summed E-state index contributed by atoms with van der Waals surface area (Å²) in [6.45, 7) is 2.16. The first-order valence-corrected chi connectivity index (χ1v) is 9.29. The Morgan fingerprint density at radius 1 is 1.18 bits per heavy atom. The standard InChI is InChI=1S/C23H21FN2O2/c1-14-10-17(4-6-19(14)23(25)27)22-11-15(8-9-26-22)13-28-18-5-7-20(16-2-3-16)21(24)12-18/h4-12,16H,2-3,13H2,1H3,(H2,25,27). The number of nitrogens with zero attached hydrogens (tertiary/aromatic N) is 1. The molecule has 5 heteroatoms. The number of carbonyl (C=O) groups excluding carboxylic acids is 1. The van der Waals surface area contributed by atoms with Crippen molar-refractivity contribution in [1.82, 2.24) is 4.98 Å². The highest BCUT2D eigenvalue weighted by molar-refractivity contribution is 5.94. The van der Waals surface area contributed by atoms with Crippen LogP contribution in [0.2, 0.25) is 0 Å². The molecular formula is C23H21FN2O2. The number of aromatic nitrogens is 1. The molecule has 0 unspecified atom stereocenters. The smallest absolute Gasteiger partial charge is 0.248 e. The molecule has 1 aliphatic carbocycles. The second-order valence-corrected chi connectivity index (χ2v) is 7.19. The lowest BCUT2D eigenvalue weighted by atomic mass is 10.0. The summed E-state index contributed by atoms with van der Waals surface area (Å²) in [5, 5.41) is 0. The zero-order chi connectivity index (χ0) is 19.7. The molecule has 3 aromatic rings. The van der Waals surface area contributed by atoms with Crippen molar-refractivity contribution in [3.63, 3.8) is 0 Å². The highest BCUT2D eigenvalue weighted by atomic mass is 19.1. The summed E-state index contributed by atoms with van der Waals surface area (Å²) in [6, 6.07) is 14.3. The van der Waals surface area contributed by atoms with Gasteiger partial charge in [-0.25, -0.2) is 4.39 Å². The molecule has 0 radical (unpaired) electrons. The van der Waals surface area contributed by atoms with Crippen LogP contribution >= 0.6 is 0 Å². The lowest BCUT2D eigenvalue weighted by molar-refractivity contribution is 0.0999. The second-order valence-electron chi connectivity index (χ2n) is 7.19. The molecule has 0 aliphatic heterocycles. The predicted octanol–water partition coefficient (Wildman–Crippen LogP) is 4.75. The van der Waals surface area contributed by atoms with Crippen molar-refractivity contribution in [3.8, 4) is 17.0 Å². The Kier molecular flexibility index (Phi) is 4.82. The maximum Gasteiger partial charge on any atom is 0.248 e. The molecular weight excluding hydrogens is 355 g/mol. The number of carbonyl (C=O) groups is 1. The maximum atomic E-state index is 14.2. The fourth-order valence-electron chi connectivity index (χ4n) is 3.31. The molecule has 1 saturated carbocycles. The van der Waals surface area contributed by atoms with Crippen molar-refractivity contribution < 1.29 is 13.9 Å². The summed E-state index contributed by atoms with van der Waals surface area (Å²) in [6.07, 6.45) is 3.84. The zero-order valence-electron chi connectivity index (χ0n) is 15.6. The largest absolute Gasteiger partial charge is 0.489 e. The zero-order valence-corrected chi connectivity index (χ0v) is 15.6. The van der Waals surface area contributed by atoms with E-state index in [2.05, 4.69) is 4.98 Å². The second kappa shape index (κ2) is 7.43. The molecule has 0 bridgehead atoms. The van der Waals surface area contributed by atoms with E-state index in [1.807, 2.05) is 43.3 Å². The Morgan fingerprint density at radius 3 is 2.68 bits per heavy atom. The number of halogens is 1. The Hall–Kier alpha value is -3.21. The van der Waals surface area contributed by atoms with Gasteiger partial charge in [0.2, 0.25) is 5.91 Å². The molecule has 2 N–H and O–H groups in total. The molecule has 0 atom stereocenters. The number of primary amides is 1. The number of aryl methyl sites for hydroxylation is 1. The van der Waals surface area contributed by atoms with Crippen molar-refractivity contribution in [2.24, 2.45) is 5.73 Å². The molecule has 142 valence electrons. The molecule has 0 saturated heterocycles. The summed E-state index contributed by atoms with van der Waals surface area (Å²) < 4.78 is 19.9. The first kappa shape index (κ1) is 18.2. The third kappa shape index (κ3) is 3.88. The normalized spacial score (nSPS) is 13.4. The van der Waals surface area contributed by atoms with Gasteiger partial charge in [-0.1, -0.05) is 12.1 Å². The minimum Gasteiger partial charge on any atom is -0.489 e. The fraction of sp³-hybridized carbons (Fsp3) is 0.217. The molecule has 28 heavy (non-hydrogen) atoms. The molecule has 1 heterocycles. The van der Waals surface area contributed by atoms with Crippen molar-refractivity contribution in [3.05, 3.63) is 82.8 Å². The SMILES string of the molecule is Cc1cc(-c2cc(COc3ccc(C4CC4)c(F)c3)ccn2)ccc1C(N)=O. The molecule has 4 nitrogen and oxygen atoms in total. The highest BCUT2D eigenvalue weighted by Crippen LogP contribution is 2.41. The summed E-state index contributed by atoms with van der Waals surface area (Å²) in [5.74, 6) is 0.252. The van der Waals surface area contributed by atoms with E-state index >= 15 is 0 Å². The number of hydrogen-bond acceptors (Lipinski definition) is 3. The van der Waals surface area contributed by atoms with Gasteiger partial charge in [0.05, 0.1) is 5.69 Å². The van der Waals surface area contributed by atoms with Gasteiger partial charge in [-0.15, -0.1) is 0 Å². The van der Waals surface area contributed by atoms with Gasteiger partial charge in [-0.3, -0.25) is 9.78 Å². The van der Waals surface area contributed by atoms with Gasteiger partial charge in [0.15, 0.2) is 0 Å². The van der Waals surface area contributed by atoms with Crippen molar-refractivity contribution in [2.75, 3.05) is 0 Å². The minimum atomic E-state index is -0.445. The number of amides is 1. The Bertz CT molecular complexity index is 1040. The molecule has 1 fully saturated rings. The number of ether oxygens (including phenoxy) is 1. The fourth-order valence-corrected chi connectivity index (χ4v) is 3.31. The molecule has 1 aromatic heterocycles. The third-order valence-electron chi connectivity index (χ3n) is 5.01. The van der Waals surface area contributed by atoms with Crippen LogP contribution in [0.3, 0.4) is 0 Å². The van der Waals surface area contributed by atoms with Crippen LogP contribution in [0.25, 0.3) is 11.3 Å². The molecule has 1 aliphatic rings. The Morgan fingerprint density at radius 2 is 2.00 bits per heavy atom. The van der Waals surface area contributed by atoms with Crippen LogP contribution in [0.15, 0.2) is 54.7 Å². The quantitative estimate of drug-likeness (QED) is 0.675. The van der Waals surface area contributed by atoms with Gasteiger partial charge in [0, 0.05) is 23.4 Å². The summed E-state index contributed by atoms with van der Waals surface area (Å²) in [4.78, 5) is 15.8. The van der Waals surface area contributed by atoms with E-state index in [1.54, 1.807) is 12.3 Å². The van der Waals surface area contributed by atoms with Crippen molar-refractivity contribution in [2.45, 2.75) is 32.3 Å². The number of pyridine rings is 1. The number of benzene rings is 2. The van der Waals surface area contributed by atoms with Crippen LogP contribution in [-0.2, 0) is 6.61 Å². The van der Waals surface area contributed by atoms with Crippen LogP contribution in [0, 0.1) is 12.7 Å². The van der Waals surface area contributed by atoms with E-state index in [4.69, 9.17) is 10.5 Å². The monoisotopic (exact) mass is 376 g/mol. The van der Waals surface area contributed by atoms with Crippen molar-refractivity contribution in [1.29, 1.82) is 0 Å². The molecule has 2 aromatic carbocycles. The van der Waals surface area contributed by atoms with Gasteiger partial charge < -0.3 is 10.5 Å². The molecule has 4 rings (SSSR count). The first-order valence-electron chi connectivity index (χ1n) is 9.29. The highest BCUT2D eigenvalue weighted by Gasteiger charge is 2.26. The van der Waals surface area contributed by atoms with Gasteiger partial charge in [-0.2, -0.15) is 0 Å². The maximum absolute atomic E-state index is 14.2. The summed E-state index contributed by atoms with van der Waals surface area (Å²) in [7, 11) is 0. The van der Waals surface area contributed by atoms with Crippen LogP contribution < -0.4 is 10.5 Å². The van der Waals surface area contributed by atoms with Crippen LogP contribution in [0.4, 0.5) is 4.39 Å². The lowest BCUT2D eigenvalue weighted by Gasteiger charge is -2.10. The lowest BCUT2D eigenvalue weighted by Crippen LogP contribution is -2.12. The van der Waals surface area contributed by atoms with Gasteiger partial charge in [-0.05, 0) is 72.7 Å². The van der Waals surface area contributed by atoms with E-state index in [-0.39, 0.29) is 5.82 Å². The summed E-state index contributed by atoms with van der Waals surface area (Å²) in [5.41, 5.74) is 10.0.